The fourth-order valence-corrected chi connectivity index (χ4v) is 2.70. The number of hydrogen-bond acceptors (Lipinski definition) is 2. The van der Waals surface area contributed by atoms with Crippen LogP contribution in [0.15, 0.2) is 18.2 Å². The summed E-state index contributed by atoms with van der Waals surface area (Å²) < 4.78 is 0. The Labute approximate surface area is 103 Å². The van der Waals surface area contributed by atoms with Gasteiger partial charge in [-0.25, -0.2) is 0 Å². The van der Waals surface area contributed by atoms with E-state index in [1.54, 1.807) is 0 Å². The van der Waals surface area contributed by atoms with Gasteiger partial charge in [-0.05, 0) is 49.9 Å². The van der Waals surface area contributed by atoms with Crippen molar-refractivity contribution in [3.63, 3.8) is 0 Å². The first-order valence-corrected chi connectivity index (χ1v) is 6.18. The quantitative estimate of drug-likeness (QED) is 0.865. The molecule has 1 aliphatic heterocycles. The van der Waals surface area contributed by atoms with Gasteiger partial charge in [0.1, 0.15) is 0 Å². The van der Waals surface area contributed by atoms with Crippen LogP contribution in [0.3, 0.4) is 0 Å². The Kier molecular flexibility index (Phi) is 3.48. The maximum atomic E-state index is 11.1. The van der Waals surface area contributed by atoms with E-state index in [4.69, 9.17) is 5.73 Å². The summed E-state index contributed by atoms with van der Waals surface area (Å²) in [7, 11) is 0. The molecule has 1 atom stereocenters. The van der Waals surface area contributed by atoms with E-state index in [2.05, 4.69) is 36.9 Å². The Balaban J connectivity index is 2.26. The monoisotopic (exact) mass is 232 g/mol. The Morgan fingerprint density at radius 2 is 2.24 bits per heavy atom. The number of nitrogens with zero attached hydrogens (tertiary/aromatic N) is 1. The lowest BCUT2D eigenvalue weighted by Crippen LogP contribution is -2.33. The van der Waals surface area contributed by atoms with Crippen molar-refractivity contribution in [3.05, 3.63) is 34.9 Å². The van der Waals surface area contributed by atoms with Gasteiger partial charge in [0.05, 0.1) is 6.54 Å². The lowest BCUT2D eigenvalue weighted by Gasteiger charge is -2.25. The minimum atomic E-state index is -0.234. The van der Waals surface area contributed by atoms with Gasteiger partial charge in [0.25, 0.3) is 0 Å². The molecular formula is C14H20N2O. The lowest BCUT2D eigenvalue weighted by molar-refractivity contribution is -0.119. The Morgan fingerprint density at radius 3 is 2.94 bits per heavy atom. The molecule has 92 valence electrons. The van der Waals surface area contributed by atoms with Crippen LogP contribution in [0.5, 0.6) is 0 Å². The first kappa shape index (κ1) is 12.1. The number of nitrogens with two attached hydrogens (primary N) is 1. The van der Waals surface area contributed by atoms with E-state index in [1.165, 1.54) is 16.7 Å². The second-order valence-electron chi connectivity index (χ2n) is 4.88. The summed E-state index contributed by atoms with van der Waals surface area (Å²) in [5, 5.41) is 0. The van der Waals surface area contributed by atoms with Gasteiger partial charge in [-0.1, -0.05) is 18.2 Å². The fraction of sp³-hybridized carbons (Fsp3) is 0.500. The van der Waals surface area contributed by atoms with Crippen molar-refractivity contribution in [3.8, 4) is 0 Å². The van der Waals surface area contributed by atoms with Crippen LogP contribution in [0.4, 0.5) is 0 Å². The van der Waals surface area contributed by atoms with Crippen LogP contribution in [-0.4, -0.2) is 23.9 Å². The SMILES string of the molecule is Cc1cccc(C2CCCN2CC(N)=O)c1C. The fourth-order valence-electron chi connectivity index (χ4n) is 2.70. The second kappa shape index (κ2) is 4.88. The van der Waals surface area contributed by atoms with Crippen LogP contribution < -0.4 is 5.73 Å². The predicted molar refractivity (Wildman–Crippen MR) is 68.7 cm³/mol. The topological polar surface area (TPSA) is 46.3 Å². The molecule has 0 radical (unpaired) electrons. The minimum Gasteiger partial charge on any atom is -0.369 e. The van der Waals surface area contributed by atoms with Gasteiger partial charge in [0.15, 0.2) is 0 Å². The molecule has 3 nitrogen and oxygen atoms in total. The molecule has 0 bridgehead atoms. The van der Waals surface area contributed by atoms with Crippen molar-refractivity contribution >= 4 is 5.91 Å². The van der Waals surface area contributed by atoms with Crippen LogP contribution >= 0.6 is 0 Å². The van der Waals surface area contributed by atoms with Crippen LogP contribution in [0.2, 0.25) is 0 Å². The Hall–Kier alpha value is -1.35. The molecule has 1 aromatic rings. The Bertz CT molecular complexity index is 428. The van der Waals surface area contributed by atoms with Gasteiger partial charge in [-0.2, -0.15) is 0 Å². The summed E-state index contributed by atoms with van der Waals surface area (Å²) in [4.78, 5) is 13.3. The maximum Gasteiger partial charge on any atom is 0.231 e. The third-order valence-corrected chi connectivity index (χ3v) is 3.73. The van der Waals surface area contributed by atoms with Crippen molar-refractivity contribution in [2.75, 3.05) is 13.1 Å². The standard InChI is InChI=1S/C14H20N2O/c1-10-5-3-6-12(11(10)2)13-7-4-8-16(13)9-14(15)17/h3,5-6,13H,4,7-9H2,1-2H3,(H2,15,17). The average Bonchev–Trinajstić information content (AvgIpc) is 2.69. The van der Waals surface area contributed by atoms with E-state index in [0.29, 0.717) is 12.6 Å². The molecule has 1 unspecified atom stereocenters. The zero-order valence-electron chi connectivity index (χ0n) is 10.6. The zero-order chi connectivity index (χ0) is 12.4. The number of carbonyl (C=O) groups is 1. The molecule has 2 rings (SSSR count). The third-order valence-electron chi connectivity index (χ3n) is 3.73. The van der Waals surface area contributed by atoms with Gasteiger partial charge in [-0.15, -0.1) is 0 Å². The summed E-state index contributed by atoms with van der Waals surface area (Å²) in [6.07, 6.45) is 2.27. The second-order valence-corrected chi connectivity index (χ2v) is 4.88. The lowest BCUT2D eigenvalue weighted by atomic mass is 9.96. The molecule has 1 aliphatic rings. The van der Waals surface area contributed by atoms with Crippen molar-refractivity contribution in [2.24, 2.45) is 5.73 Å². The number of amides is 1. The van der Waals surface area contributed by atoms with E-state index in [9.17, 15) is 4.79 Å². The van der Waals surface area contributed by atoms with Gasteiger partial charge >= 0.3 is 0 Å². The molecule has 0 spiro atoms. The normalized spacial score (nSPS) is 20.7. The molecule has 17 heavy (non-hydrogen) atoms. The third kappa shape index (κ3) is 2.50. The van der Waals surface area contributed by atoms with Gasteiger partial charge in [-0.3, -0.25) is 9.69 Å². The maximum absolute atomic E-state index is 11.1. The van der Waals surface area contributed by atoms with E-state index >= 15 is 0 Å². The molecule has 0 saturated carbocycles. The van der Waals surface area contributed by atoms with E-state index in [1.807, 2.05) is 0 Å². The van der Waals surface area contributed by atoms with Crippen molar-refractivity contribution in [1.82, 2.24) is 4.90 Å². The molecule has 0 aromatic heterocycles. The summed E-state index contributed by atoms with van der Waals surface area (Å²) in [6, 6.07) is 6.76. The smallest absolute Gasteiger partial charge is 0.231 e. The minimum absolute atomic E-state index is 0.234. The summed E-state index contributed by atoms with van der Waals surface area (Å²) in [5.74, 6) is -0.234. The van der Waals surface area contributed by atoms with E-state index in [-0.39, 0.29) is 5.91 Å². The van der Waals surface area contributed by atoms with Gasteiger partial charge in [0, 0.05) is 6.04 Å². The van der Waals surface area contributed by atoms with Crippen LogP contribution in [0.1, 0.15) is 35.6 Å². The number of hydrogen-bond donors (Lipinski definition) is 1. The molecule has 1 heterocycles. The van der Waals surface area contributed by atoms with Gasteiger partial charge < -0.3 is 5.73 Å². The first-order chi connectivity index (χ1) is 8.09. The molecule has 0 aliphatic carbocycles. The average molecular weight is 232 g/mol. The summed E-state index contributed by atoms with van der Waals surface area (Å²) in [6.45, 7) is 5.64. The summed E-state index contributed by atoms with van der Waals surface area (Å²) in [5.41, 5.74) is 9.31. The van der Waals surface area contributed by atoms with E-state index in [0.717, 1.165) is 19.4 Å². The van der Waals surface area contributed by atoms with E-state index < -0.39 is 0 Å². The molecule has 1 fully saturated rings. The van der Waals surface area contributed by atoms with Crippen molar-refractivity contribution < 1.29 is 4.79 Å². The Morgan fingerprint density at radius 1 is 1.47 bits per heavy atom. The molecule has 1 aromatic carbocycles. The molecule has 1 saturated heterocycles. The highest BCUT2D eigenvalue weighted by Crippen LogP contribution is 2.33. The predicted octanol–water partition coefficient (Wildman–Crippen LogP) is 1.93. The molecule has 2 N–H and O–H groups in total. The summed E-state index contributed by atoms with van der Waals surface area (Å²) >= 11 is 0. The number of likely N-dealkylation sites (tertiary alicyclic amines) is 1. The largest absolute Gasteiger partial charge is 0.369 e. The van der Waals surface area contributed by atoms with Crippen LogP contribution in [0.25, 0.3) is 0 Å². The highest BCUT2D eigenvalue weighted by molar-refractivity contribution is 5.76. The van der Waals surface area contributed by atoms with Gasteiger partial charge in [0.2, 0.25) is 5.91 Å². The number of aryl methyl sites for hydroxylation is 1. The molecule has 1 amide bonds. The number of carbonyl (C=O) groups excluding carboxylic acids is 1. The first-order valence-electron chi connectivity index (χ1n) is 6.18. The number of rotatable bonds is 3. The highest BCUT2D eigenvalue weighted by Gasteiger charge is 2.27. The van der Waals surface area contributed by atoms with Crippen molar-refractivity contribution in [1.29, 1.82) is 0 Å². The zero-order valence-corrected chi connectivity index (χ0v) is 10.6. The molecule has 3 heteroatoms. The number of primary amides is 1. The van der Waals surface area contributed by atoms with Crippen LogP contribution in [-0.2, 0) is 4.79 Å². The van der Waals surface area contributed by atoms with Crippen LogP contribution in [0, 0.1) is 13.8 Å². The highest BCUT2D eigenvalue weighted by atomic mass is 16.1. The molecular weight excluding hydrogens is 212 g/mol. The number of benzene rings is 1. The van der Waals surface area contributed by atoms with Crippen molar-refractivity contribution in [2.45, 2.75) is 32.7 Å².